The SMILES string of the molecule is COC(=O)C[C@@H]1COc2cc(CCc3cccc(-c4ccc(C)nc4)c3C)ccc21. The van der Waals surface area contributed by atoms with Crippen molar-refractivity contribution < 1.29 is 14.3 Å². The van der Waals surface area contributed by atoms with Crippen molar-refractivity contribution in [2.24, 2.45) is 0 Å². The van der Waals surface area contributed by atoms with E-state index in [0.717, 1.165) is 35.4 Å². The molecule has 4 heteroatoms. The first-order chi connectivity index (χ1) is 14.5. The minimum atomic E-state index is -0.195. The van der Waals surface area contributed by atoms with Crippen LogP contribution in [0.15, 0.2) is 54.7 Å². The van der Waals surface area contributed by atoms with Gasteiger partial charge in [0.15, 0.2) is 0 Å². The van der Waals surface area contributed by atoms with Crippen LogP contribution in [0.2, 0.25) is 0 Å². The Hall–Kier alpha value is -3.14. The van der Waals surface area contributed by atoms with Crippen LogP contribution < -0.4 is 4.74 Å². The average molecular weight is 402 g/mol. The number of hydrogen-bond donors (Lipinski definition) is 0. The molecule has 0 saturated heterocycles. The predicted molar refractivity (Wildman–Crippen MR) is 118 cm³/mol. The number of nitrogens with zero attached hydrogens (tertiary/aromatic N) is 1. The Morgan fingerprint density at radius 3 is 2.77 bits per heavy atom. The molecule has 0 unspecified atom stereocenters. The van der Waals surface area contributed by atoms with Gasteiger partial charge in [0.25, 0.3) is 0 Å². The molecule has 0 spiro atoms. The highest BCUT2D eigenvalue weighted by atomic mass is 16.5. The number of hydrogen-bond acceptors (Lipinski definition) is 4. The highest BCUT2D eigenvalue weighted by Gasteiger charge is 2.26. The number of rotatable bonds is 6. The Morgan fingerprint density at radius 2 is 2.00 bits per heavy atom. The molecule has 4 nitrogen and oxygen atoms in total. The topological polar surface area (TPSA) is 48.4 Å². The molecular formula is C26H27NO3. The molecule has 1 aliphatic heterocycles. The molecule has 0 aliphatic carbocycles. The first kappa shape index (κ1) is 20.1. The molecule has 1 aromatic heterocycles. The minimum absolute atomic E-state index is 0.0866. The van der Waals surface area contributed by atoms with E-state index in [1.54, 1.807) is 0 Å². The summed E-state index contributed by atoms with van der Waals surface area (Å²) < 4.78 is 10.6. The zero-order valence-electron chi connectivity index (χ0n) is 17.8. The minimum Gasteiger partial charge on any atom is -0.493 e. The number of benzene rings is 2. The van der Waals surface area contributed by atoms with Crippen molar-refractivity contribution >= 4 is 5.97 Å². The largest absolute Gasteiger partial charge is 0.493 e. The molecule has 3 aromatic rings. The van der Waals surface area contributed by atoms with E-state index in [4.69, 9.17) is 9.47 Å². The normalized spacial score (nSPS) is 14.8. The molecule has 0 saturated carbocycles. The van der Waals surface area contributed by atoms with Crippen LogP contribution in [0.3, 0.4) is 0 Å². The lowest BCUT2D eigenvalue weighted by atomic mass is 9.92. The molecule has 0 bridgehead atoms. The molecule has 0 N–H and O–H groups in total. The molecule has 154 valence electrons. The third kappa shape index (κ3) is 4.23. The summed E-state index contributed by atoms with van der Waals surface area (Å²) in [6, 6.07) is 17.1. The van der Waals surface area contributed by atoms with Crippen molar-refractivity contribution in [2.45, 2.75) is 39.0 Å². The van der Waals surface area contributed by atoms with Crippen LogP contribution in [-0.4, -0.2) is 24.7 Å². The van der Waals surface area contributed by atoms with Crippen LogP contribution in [0.1, 0.15) is 40.3 Å². The molecule has 2 heterocycles. The Bertz CT molecular complexity index is 1060. The average Bonchev–Trinajstić information content (AvgIpc) is 3.15. The van der Waals surface area contributed by atoms with Gasteiger partial charge < -0.3 is 9.47 Å². The summed E-state index contributed by atoms with van der Waals surface area (Å²) in [5, 5.41) is 0. The Morgan fingerprint density at radius 1 is 1.13 bits per heavy atom. The van der Waals surface area contributed by atoms with Crippen LogP contribution in [0.25, 0.3) is 11.1 Å². The van der Waals surface area contributed by atoms with Gasteiger partial charge in [0.05, 0.1) is 20.1 Å². The van der Waals surface area contributed by atoms with E-state index in [-0.39, 0.29) is 11.9 Å². The number of esters is 1. The van der Waals surface area contributed by atoms with Gasteiger partial charge in [0.1, 0.15) is 5.75 Å². The van der Waals surface area contributed by atoms with E-state index < -0.39 is 0 Å². The fourth-order valence-electron chi connectivity index (χ4n) is 4.10. The zero-order valence-corrected chi connectivity index (χ0v) is 17.8. The highest BCUT2D eigenvalue weighted by Crippen LogP contribution is 2.37. The first-order valence-electron chi connectivity index (χ1n) is 10.4. The summed E-state index contributed by atoms with van der Waals surface area (Å²) in [7, 11) is 1.43. The molecule has 0 amide bonds. The number of ether oxygens (including phenoxy) is 2. The maximum absolute atomic E-state index is 11.6. The summed E-state index contributed by atoms with van der Waals surface area (Å²) in [5.74, 6) is 0.792. The lowest BCUT2D eigenvalue weighted by molar-refractivity contribution is -0.141. The number of fused-ring (bicyclic) bond motifs is 1. The third-order valence-electron chi connectivity index (χ3n) is 5.95. The Balaban J connectivity index is 1.47. The lowest BCUT2D eigenvalue weighted by Gasteiger charge is -2.12. The second-order valence-corrected chi connectivity index (χ2v) is 7.94. The van der Waals surface area contributed by atoms with Crippen molar-refractivity contribution in [3.63, 3.8) is 0 Å². The lowest BCUT2D eigenvalue weighted by Crippen LogP contribution is -2.09. The maximum atomic E-state index is 11.6. The molecule has 0 radical (unpaired) electrons. The molecule has 1 aliphatic rings. The van der Waals surface area contributed by atoms with Crippen molar-refractivity contribution in [3.05, 3.63) is 82.7 Å². The summed E-state index contributed by atoms with van der Waals surface area (Å²) in [4.78, 5) is 16.0. The van der Waals surface area contributed by atoms with E-state index in [9.17, 15) is 4.79 Å². The summed E-state index contributed by atoms with van der Waals surface area (Å²) in [6.45, 7) is 4.73. The Kier molecular flexibility index (Phi) is 5.84. The third-order valence-corrected chi connectivity index (χ3v) is 5.95. The number of methoxy groups -OCH3 is 1. The van der Waals surface area contributed by atoms with Gasteiger partial charge in [0.2, 0.25) is 0 Å². The van der Waals surface area contributed by atoms with E-state index in [0.29, 0.717) is 13.0 Å². The van der Waals surface area contributed by atoms with Crippen molar-refractivity contribution in [1.29, 1.82) is 0 Å². The van der Waals surface area contributed by atoms with E-state index in [1.165, 1.54) is 29.4 Å². The summed E-state index contributed by atoms with van der Waals surface area (Å²) in [5.41, 5.74) is 8.42. The molecule has 30 heavy (non-hydrogen) atoms. The highest BCUT2D eigenvalue weighted by molar-refractivity contribution is 5.71. The number of aromatic nitrogens is 1. The van der Waals surface area contributed by atoms with Crippen LogP contribution in [-0.2, 0) is 22.4 Å². The monoisotopic (exact) mass is 401 g/mol. The smallest absolute Gasteiger partial charge is 0.306 e. The maximum Gasteiger partial charge on any atom is 0.306 e. The van der Waals surface area contributed by atoms with E-state index in [1.807, 2.05) is 13.1 Å². The van der Waals surface area contributed by atoms with Gasteiger partial charge in [-0.2, -0.15) is 0 Å². The van der Waals surface area contributed by atoms with E-state index in [2.05, 4.69) is 60.4 Å². The van der Waals surface area contributed by atoms with Gasteiger partial charge in [-0.05, 0) is 61.1 Å². The number of carbonyl (C=O) groups excluding carboxylic acids is 1. The zero-order chi connectivity index (χ0) is 21.1. The van der Waals surface area contributed by atoms with Crippen LogP contribution in [0, 0.1) is 13.8 Å². The van der Waals surface area contributed by atoms with Crippen molar-refractivity contribution in [2.75, 3.05) is 13.7 Å². The fourth-order valence-corrected chi connectivity index (χ4v) is 4.10. The van der Waals surface area contributed by atoms with Crippen LogP contribution in [0.4, 0.5) is 0 Å². The number of carbonyl (C=O) groups is 1. The quantitative estimate of drug-likeness (QED) is 0.533. The van der Waals surface area contributed by atoms with Crippen LogP contribution in [0.5, 0.6) is 5.75 Å². The van der Waals surface area contributed by atoms with Gasteiger partial charge in [0, 0.05) is 28.9 Å². The van der Waals surface area contributed by atoms with Gasteiger partial charge >= 0.3 is 5.97 Å². The molecule has 4 rings (SSSR count). The second kappa shape index (κ2) is 8.70. The molecular weight excluding hydrogens is 374 g/mol. The number of pyridine rings is 1. The first-order valence-corrected chi connectivity index (χ1v) is 10.4. The predicted octanol–water partition coefficient (Wildman–Crippen LogP) is 5.19. The van der Waals surface area contributed by atoms with Gasteiger partial charge in [-0.1, -0.05) is 36.4 Å². The van der Waals surface area contributed by atoms with Gasteiger partial charge in [-0.15, -0.1) is 0 Å². The van der Waals surface area contributed by atoms with Gasteiger partial charge in [-0.25, -0.2) is 0 Å². The standard InChI is InChI=1S/C26H27NO3/c1-17-7-10-21(15-27-17)23-6-4-5-20(18(23)2)11-8-19-9-12-24-22(14-26(28)29-3)16-30-25(24)13-19/h4-7,9-10,12-13,15,22H,8,11,14,16H2,1-3H3/t22-/m1/s1. The molecule has 2 aromatic carbocycles. The Labute approximate surface area is 177 Å². The molecule has 1 atom stereocenters. The number of aryl methyl sites for hydroxylation is 3. The molecule has 0 fully saturated rings. The fraction of sp³-hybridized carbons (Fsp3) is 0.308. The summed E-state index contributed by atoms with van der Waals surface area (Å²) >= 11 is 0. The van der Waals surface area contributed by atoms with Crippen LogP contribution >= 0.6 is 0 Å². The van der Waals surface area contributed by atoms with E-state index >= 15 is 0 Å². The van der Waals surface area contributed by atoms with Gasteiger partial charge in [-0.3, -0.25) is 9.78 Å². The van der Waals surface area contributed by atoms with Crippen molar-refractivity contribution in [3.8, 4) is 16.9 Å². The second-order valence-electron chi connectivity index (χ2n) is 7.94. The summed E-state index contributed by atoms with van der Waals surface area (Å²) in [6.07, 6.45) is 4.21. The van der Waals surface area contributed by atoms with Crippen molar-refractivity contribution in [1.82, 2.24) is 4.98 Å².